The highest BCUT2D eigenvalue weighted by molar-refractivity contribution is 6.26. The Hall–Kier alpha value is -5.54. The number of aromatic amines is 1. The Morgan fingerprint density at radius 1 is 0.467 bits per heavy atom. The SMILES string of the molecule is CC(C)c1cccc(C(C)C)c1C1=CCn2[nH]n3c4ccc(-c5c(C(C)C)cccc5C(C)C)cc4c4cc(-c5c(C(C)C)cccc5C(C)C)c5cccc(c2=C1)c5c43. The van der Waals surface area contributed by atoms with Gasteiger partial charge in [-0.2, -0.15) is 0 Å². The number of allylic oxidation sites excluding steroid dienone is 2. The Bertz CT molecular complexity index is 2990. The molecule has 1 aliphatic heterocycles. The van der Waals surface area contributed by atoms with Gasteiger partial charge >= 0.3 is 0 Å². The molecule has 3 heteroatoms. The zero-order valence-electron chi connectivity index (χ0n) is 38.0. The van der Waals surface area contributed by atoms with E-state index in [1.54, 1.807) is 0 Å². The predicted octanol–water partition coefficient (Wildman–Crippen LogP) is 15.8. The van der Waals surface area contributed by atoms with Crippen LogP contribution >= 0.6 is 0 Å². The fourth-order valence-corrected chi connectivity index (χ4v) is 10.5. The van der Waals surface area contributed by atoms with Crippen LogP contribution in [-0.4, -0.2) is 14.4 Å². The molecule has 0 saturated carbocycles. The molecule has 0 spiro atoms. The molecule has 6 aromatic carbocycles. The van der Waals surface area contributed by atoms with E-state index in [0.29, 0.717) is 35.5 Å². The summed E-state index contributed by atoms with van der Waals surface area (Å²) in [4.78, 5) is 0. The van der Waals surface area contributed by atoms with Crippen LogP contribution in [-0.2, 0) is 6.54 Å². The molecule has 2 aromatic heterocycles. The molecule has 8 aromatic rings. The molecule has 1 N–H and O–H groups in total. The smallest absolute Gasteiger partial charge is 0.0810 e. The van der Waals surface area contributed by atoms with Crippen molar-refractivity contribution in [1.82, 2.24) is 14.4 Å². The minimum Gasteiger partial charge on any atom is -0.269 e. The normalized spacial score (nSPS) is 13.4. The third kappa shape index (κ3) is 6.30. The summed E-state index contributed by atoms with van der Waals surface area (Å²) in [7, 11) is 0. The lowest BCUT2D eigenvalue weighted by molar-refractivity contribution is 0.601. The van der Waals surface area contributed by atoms with Gasteiger partial charge in [-0.05, 0) is 132 Å². The van der Waals surface area contributed by atoms with Crippen LogP contribution in [0, 0.1) is 0 Å². The number of fused-ring (bicyclic) bond motifs is 5. The van der Waals surface area contributed by atoms with Gasteiger partial charge in [0.25, 0.3) is 0 Å². The lowest BCUT2D eigenvalue weighted by Crippen LogP contribution is -2.25. The molecular formula is C57H63N3. The number of nitrogens with one attached hydrogen (secondary N) is 1. The van der Waals surface area contributed by atoms with Gasteiger partial charge in [0, 0.05) is 21.5 Å². The molecular weight excluding hydrogens is 727 g/mol. The molecule has 60 heavy (non-hydrogen) atoms. The average molecular weight is 790 g/mol. The molecule has 0 aliphatic carbocycles. The van der Waals surface area contributed by atoms with E-state index in [1.165, 1.54) is 110 Å². The Morgan fingerprint density at radius 2 is 0.950 bits per heavy atom. The highest BCUT2D eigenvalue weighted by Crippen LogP contribution is 2.46. The number of benzene rings is 6. The van der Waals surface area contributed by atoms with Gasteiger partial charge in [-0.25, -0.2) is 9.73 Å². The monoisotopic (exact) mass is 790 g/mol. The first kappa shape index (κ1) is 39.9. The van der Waals surface area contributed by atoms with Crippen molar-refractivity contribution in [3.8, 4) is 22.3 Å². The molecule has 9 rings (SSSR count). The fraction of sp³-hybridized carbons (Fsp3) is 0.333. The Balaban J connectivity index is 1.46. The van der Waals surface area contributed by atoms with Crippen molar-refractivity contribution in [2.45, 2.75) is 125 Å². The van der Waals surface area contributed by atoms with Gasteiger partial charge in [0.15, 0.2) is 0 Å². The highest BCUT2D eigenvalue weighted by atomic mass is 15.4. The van der Waals surface area contributed by atoms with Gasteiger partial charge in [0.05, 0.1) is 22.9 Å². The van der Waals surface area contributed by atoms with E-state index >= 15 is 0 Å². The molecule has 0 fully saturated rings. The molecule has 0 radical (unpaired) electrons. The third-order valence-corrected chi connectivity index (χ3v) is 13.4. The minimum atomic E-state index is 0.375. The van der Waals surface area contributed by atoms with Crippen molar-refractivity contribution < 1.29 is 0 Å². The van der Waals surface area contributed by atoms with Gasteiger partial charge in [-0.15, -0.1) is 0 Å². The van der Waals surface area contributed by atoms with Crippen LogP contribution in [0.1, 0.15) is 158 Å². The average Bonchev–Trinajstić information content (AvgIpc) is 3.45. The molecule has 0 bridgehead atoms. The molecule has 0 amide bonds. The van der Waals surface area contributed by atoms with E-state index in [-0.39, 0.29) is 0 Å². The van der Waals surface area contributed by atoms with Crippen molar-refractivity contribution in [1.29, 1.82) is 0 Å². The Labute approximate surface area is 357 Å². The molecule has 0 saturated heterocycles. The molecule has 0 unspecified atom stereocenters. The maximum Gasteiger partial charge on any atom is 0.0810 e. The molecule has 1 aliphatic rings. The topological polar surface area (TPSA) is 25.1 Å². The second-order valence-corrected chi connectivity index (χ2v) is 19.4. The Kier molecular flexibility index (Phi) is 10.1. The van der Waals surface area contributed by atoms with Crippen molar-refractivity contribution in [3.05, 3.63) is 147 Å². The summed E-state index contributed by atoms with van der Waals surface area (Å²) < 4.78 is 4.78. The van der Waals surface area contributed by atoms with Crippen molar-refractivity contribution >= 4 is 49.6 Å². The maximum atomic E-state index is 4.02. The summed E-state index contributed by atoms with van der Waals surface area (Å²) in [5.41, 5.74) is 19.0. The standard InChI is InChI=1S/C57H63N3/c1-32(2)40-17-13-18-41(33(3)4)53(40)38-25-26-51-48(29-38)50-31-49(55-44(36(9)10)21-15-22-45(55)37(11)12)46-23-16-24-47-52-30-39(27-28-59(52)58-60(51)57(50)56(46)47)54-42(34(5)6)19-14-20-43(54)35(7)8/h13-27,29-37,58H,28H2,1-12H3. The van der Waals surface area contributed by atoms with Crippen LogP contribution in [0.15, 0.2) is 103 Å². The van der Waals surface area contributed by atoms with Crippen molar-refractivity contribution in [2.24, 2.45) is 0 Å². The van der Waals surface area contributed by atoms with Crippen LogP contribution in [0.4, 0.5) is 0 Å². The molecule has 0 atom stereocenters. The quantitative estimate of drug-likeness (QED) is 0.151. The number of hydrogen-bond donors (Lipinski definition) is 1. The lowest BCUT2D eigenvalue weighted by Gasteiger charge is -2.23. The second kappa shape index (κ2) is 15.2. The first-order valence-corrected chi connectivity index (χ1v) is 22.7. The summed E-state index contributed by atoms with van der Waals surface area (Å²) >= 11 is 0. The van der Waals surface area contributed by atoms with Crippen molar-refractivity contribution in [2.75, 3.05) is 0 Å². The van der Waals surface area contributed by atoms with Gasteiger partial charge in [-0.1, -0.05) is 168 Å². The molecule has 306 valence electrons. The number of nitrogens with zero attached hydrogens (tertiary/aromatic N) is 2. The van der Waals surface area contributed by atoms with Crippen molar-refractivity contribution in [3.63, 3.8) is 0 Å². The van der Waals surface area contributed by atoms with Gasteiger partial charge in [0.2, 0.25) is 0 Å². The number of rotatable bonds is 9. The molecule has 3 nitrogen and oxygen atoms in total. The van der Waals surface area contributed by atoms with Crippen LogP contribution in [0.5, 0.6) is 0 Å². The number of aromatic nitrogens is 3. The predicted molar refractivity (Wildman–Crippen MR) is 261 cm³/mol. The van der Waals surface area contributed by atoms with E-state index in [1.807, 2.05) is 0 Å². The van der Waals surface area contributed by atoms with E-state index in [2.05, 4.69) is 207 Å². The van der Waals surface area contributed by atoms with Gasteiger partial charge < -0.3 is 0 Å². The first-order chi connectivity index (χ1) is 28.8. The number of hydrogen-bond acceptors (Lipinski definition) is 0. The zero-order valence-corrected chi connectivity index (χ0v) is 38.0. The largest absolute Gasteiger partial charge is 0.269 e. The van der Waals surface area contributed by atoms with Gasteiger partial charge in [-0.3, -0.25) is 4.68 Å². The fourth-order valence-electron chi connectivity index (χ4n) is 10.5. The Morgan fingerprint density at radius 3 is 1.48 bits per heavy atom. The summed E-state index contributed by atoms with van der Waals surface area (Å²) in [6.45, 7) is 28.8. The number of H-pyrrole nitrogens is 1. The van der Waals surface area contributed by atoms with Crippen LogP contribution in [0.3, 0.4) is 0 Å². The van der Waals surface area contributed by atoms with Crippen LogP contribution in [0.25, 0.3) is 71.9 Å². The lowest BCUT2D eigenvalue weighted by atomic mass is 9.82. The van der Waals surface area contributed by atoms with E-state index in [4.69, 9.17) is 0 Å². The summed E-state index contributed by atoms with van der Waals surface area (Å²) in [6.07, 6.45) is 4.91. The zero-order chi connectivity index (χ0) is 42.3. The third-order valence-electron chi connectivity index (χ3n) is 13.4. The minimum absolute atomic E-state index is 0.375. The van der Waals surface area contributed by atoms with E-state index in [9.17, 15) is 0 Å². The summed E-state index contributed by atoms with van der Waals surface area (Å²) in [5.74, 6) is 2.41. The van der Waals surface area contributed by atoms with E-state index in [0.717, 1.165) is 6.54 Å². The van der Waals surface area contributed by atoms with Crippen LogP contribution < -0.4 is 5.35 Å². The highest BCUT2D eigenvalue weighted by Gasteiger charge is 2.25. The second-order valence-electron chi connectivity index (χ2n) is 19.4. The van der Waals surface area contributed by atoms with Crippen LogP contribution in [0.2, 0.25) is 0 Å². The maximum absolute atomic E-state index is 4.02. The summed E-state index contributed by atoms with van der Waals surface area (Å²) in [5, 5.41) is 11.7. The molecule has 3 heterocycles. The van der Waals surface area contributed by atoms with E-state index < -0.39 is 0 Å². The summed E-state index contributed by atoms with van der Waals surface area (Å²) in [6, 6.07) is 37.7. The first-order valence-electron chi connectivity index (χ1n) is 22.7. The van der Waals surface area contributed by atoms with Gasteiger partial charge in [0.1, 0.15) is 0 Å².